The predicted molar refractivity (Wildman–Crippen MR) is 102 cm³/mol. The van der Waals surface area contributed by atoms with Crippen molar-refractivity contribution in [2.24, 2.45) is 0 Å². The van der Waals surface area contributed by atoms with E-state index in [0.29, 0.717) is 17.9 Å². The van der Waals surface area contributed by atoms with Gasteiger partial charge in [0, 0.05) is 27.7 Å². The zero-order valence-electron chi connectivity index (χ0n) is 10.9. The van der Waals surface area contributed by atoms with E-state index in [-0.39, 0.29) is 11.1 Å². The summed E-state index contributed by atoms with van der Waals surface area (Å²) in [5, 5.41) is 18.3. The average Bonchev–Trinajstić information content (AvgIpc) is 2.35. The van der Waals surface area contributed by atoms with Gasteiger partial charge in [0.05, 0.1) is 11.1 Å². The molecular weight excluding hydrogens is 584 g/mol. The van der Waals surface area contributed by atoms with E-state index in [1.54, 1.807) is 24.3 Å². The van der Waals surface area contributed by atoms with E-state index in [1.807, 2.05) is 0 Å². The van der Waals surface area contributed by atoms with Gasteiger partial charge in [-0.2, -0.15) is 0 Å². The highest BCUT2D eigenvalue weighted by Crippen LogP contribution is 2.38. The third-order valence-electron chi connectivity index (χ3n) is 2.69. The van der Waals surface area contributed by atoms with Gasteiger partial charge in [0.2, 0.25) is 0 Å². The van der Waals surface area contributed by atoms with E-state index in [9.17, 15) is 9.59 Å². The second-order valence-corrected chi connectivity index (χ2v) is 8.80. The fraction of sp³-hybridized carbons (Fsp3) is 0. The molecule has 0 saturated carbocycles. The van der Waals surface area contributed by atoms with E-state index in [2.05, 4.69) is 63.7 Å². The largest absolute Gasteiger partial charge is 0.478 e. The molecule has 0 atom stereocenters. The van der Waals surface area contributed by atoms with Crippen LogP contribution < -0.4 is 0 Å². The summed E-state index contributed by atoms with van der Waals surface area (Å²) in [7, 11) is 0. The minimum absolute atomic E-state index is 0.151. The molecule has 120 valence electrons. The Balaban J connectivity index is 2.41. The maximum Gasteiger partial charge on any atom is 0.337 e. The van der Waals surface area contributed by atoms with Crippen LogP contribution in [0.3, 0.4) is 0 Å². The molecule has 0 aromatic heterocycles. The summed E-state index contributed by atoms with van der Waals surface area (Å²) in [6.07, 6.45) is 0. The zero-order valence-corrected chi connectivity index (χ0v) is 18.1. The Kier molecular flexibility index (Phi) is 6.35. The number of aromatic carboxylic acids is 2. The van der Waals surface area contributed by atoms with Crippen LogP contribution in [0, 0.1) is 0 Å². The van der Waals surface area contributed by atoms with Crippen LogP contribution in [-0.4, -0.2) is 22.2 Å². The quantitative estimate of drug-likeness (QED) is 0.439. The van der Waals surface area contributed by atoms with Gasteiger partial charge in [-0.15, -0.1) is 0 Å². The summed E-state index contributed by atoms with van der Waals surface area (Å²) in [5.74, 6) is -2.06. The SMILES string of the molecule is O=C(O)c1c(Br)cc(Sc2cc(Br)c(C(=O)O)c(Br)c2)cc1Br. The van der Waals surface area contributed by atoms with Gasteiger partial charge in [-0.3, -0.25) is 0 Å². The number of hydrogen-bond acceptors (Lipinski definition) is 3. The zero-order chi connectivity index (χ0) is 17.3. The van der Waals surface area contributed by atoms with Crippen molar-refractivity contribution in [2.75, 3.05) is 0 Å². The first-order valence-electron chi connectivity index (χ1n) is 5.83. The van der Waals surface area contributed by atoms with Crippen LogP contribution in [0.4, 0.5) is 0 Å². The third-order valence-corrected chi connectivity index (χ3v) is 6.14. The number of carboxylic acid groups (broad SMARTS) is 2. The highest BCUT2D eigenvalue weighted by molar-refractivity contribution is 9.11. The molecule has 0 bridgehead atoms. The van der Waals surface area contributed by atoms with Gasteiger partial charge in [0.1, 0.15) is 0 Å². The van der Waals surface area contributed by atoms with Crippen molar-refractivity contribution >= 4 is 87.4 Å². The molecule has 0 saturated heterocycles. The highest BCUT2D eigenvalue weighted by atomic mass is 79.9. The first-order chi connectivity index (χ1) is 10.7. The topological polar surface area (TPSA) is 74.6 Å². The lowest BCUT2D eigenvalue weighted by Crippen LogP contribution is -2.00. The maximum atomic E-state index is 11.2. The van der Waals surface area contributed by atoms with Crippen LogP contribution in [0.15, 0.2) is 51.9 Å². The van der Waals surface area contributed by atoms with Crippen molar-refractivity contribution in [3.05, 3.63) is 53.3 Å². The van der Waals surface area contributed by atoms with Crippen molar-refractivity contribution in [3.8, 4) is 0 Å². The van der Waals surface area contributed by atoms with Crippen molar-refractivity contribution in [2.45, 2.75) is 9.79 Å². The van der Waals surface area contributed by atoms with Gasteiger partial charge in [0.25, 0.3) is 0 Å². The molecule has 0 aliphatic rings. The lowest BCUT2D eigenvalue weighted by molar-refractivity contribution is 0.0684. The smallest absolute Gasteiger partial charge is 0.337 e. The molecule has 2 rings (SSSR count). The van der Waals surface area contributed by atoms with E-state index in [1.165, 1.54) is 11.8 Å². The van der Waals surface area contributed by atoms with Crippen molar-refractivity contribution in [3.63, 3.8) is 0 Å². The van der Waals surface area contributed by atoms with Crippen LogP contribution in [0.1, 0.15) is 20.7 Å². The van der Waals surface area contributed by atoms with E-state index < -0.39 is 11.9 Å². The first kappa shape index (κ1) is 19.0. The number of rotatable bonds is 4. The molecule has 0 amide bonds. The lowest BCUT2D eigenvalue weighted by Gasteiger charge is -2.09. The second-order valence-electron chi connectivity index (χ2n) is 4.24. The molecule has 9 heteroatoms. The highest BCUT2D eigenvalue weighted by Gasteiger charge is 2.17. The minimum Gasteiger partial charge on any atom is -0.478 e. The van der Waals surface area contributed by atoms with Crippen molar-refractivity contribution in [1.82, 2.24) is 0 Å². The molecule has 0 aliphatic heterocycles. The summed E-state index contributed by atoms with van der Waals surface area (Å²) in [5.41, 5.74) is 0.302. The lowest BCUT2D eigenvalue weighted by atomic mass is 10.2. The van der Waals surface area contributed by atoms with Gasteiger partial charge >= 0.3 is 11.9 Å². The molecule has 2 aromatic rings. The Morgan fingerprint density at radius 3 is 1.17 bits per heavy atom. The number of hydrogen-bond donors (Lipinski definition) is 2. The van der Waals surface area contributed by atoms with Crippen molar-refractivity contribution < 1.29 is 19.8 Å². The molecule has 0 fully saturated rings. The second kappa shape index (κ2) is 7.69. The van der Waals surface area contributed by atoms with Crippen LogP contribution in [-0.2, 0) is 0 Å². The summed E-state index contributed by atoms with van der Waals surface area (Å²) in [6.45, 7) is 0. The monoisotopic (exact) mass is 586 g/mol. The van der Waals surface area contributed by atoms with Crippen molar-refractivity contribution in [1.29, 1.82) is 0 Å². The molecule has 2 aromatic carbocycles. The third kappa shape index (κ3) is 4.39. The average molecular weight is 590 g/mol. The number of benzene rings is 2. The van der Waals surface area contributed by atoms with Gasteiger partial charge in [-0.1, -0.05) is 11.8 Å². The molecule has 2 N–H and O–H groups in total. The molecule has 0 aliphatic carbocycles. The minimum atomic E-state index is -1.03. The van der Waals surface area contributed by atoms with E-state index in [0.717, 1.165) is 9.79 Å². The van der Waals surface area contributed by atoms with E-state index >= 15 is 0 Å². The predicted octanol–water partition coefficient (Wildman–Crippen LogP) is 6.28. The summed E-state index contributed by atoms with van der Waals surface area (Å²) in [4.78, 5) is 23.9. The molecule has 0 spiro atoms. The molecule has 0 radical (unpaired) electrons. The Morgan fingerprint density at radius 2 is 0.957 bits per heavy atom. The maximum absolute atomic E-state index is 11.2. The summed E-state index contributed by atoms with van der Waals surface area (Å²) < 4.78 is 1.84. The van der Waals surface area contributed by atoms with Crippen LogP contribution in [0.25, 0.3) is 0 Å². The Labute approximate surface area is 169 Å². The van der Waals surface area contributed by atoms with E-state index in [4.69, 9.17) is 10.2 Å². The fourth-order valence-corrected chi connectivity index (χ4v) is 6.40. The van der Waals surface area contributed by atoms with Gasteiger partial charge in [-0.05, 0) is 88.0 Å². The Hall–Kier alpha value is -0.350. The van der Waals surface area contributed by atoms with Crippen LogP contribution in [0.2, 0.25) is 0 Å². The molecular formula is C14H6Br4O4S. The van der Waals surface area contributed by atoms with Gasteiger partial charge in [-0.25, -0.2) is 9.59 Å². The Bertz CT molecular complexity index is 709. The van der Waals surface area contributed by atoms with Gasteiger partial charge in [0.15, 0.2) is 0 Å². The standard InChI is InChI=1S/C14H6Br4O4S/c15-7-1-5(2-8(16)11(7)13(19)20)23-6-3-9(17)12(14(21)22)10(18)4-6/h1-4H,(H,19,20)(H,21,22). The number of halogens is 4. The number of carbonyl (C=O) groups is 2. The number of carboxylic acids is 2. The molecule has 4 nitrogen and oxygen atoms in total. The fourth-order valence-electron chi connectivity index (χ4n) is 1.76. The Morgan fingerprint density at radius 1 is 0.696 bits per heavy atom. The normalized spacial score (nSPS) is 10.6. The summed E-state index contributed by atoms with van der Waals surface area (Å²) >= 11 is 14.4. The van der Waals surface area contributed by atoms with Gasteiger partial charge < -0.3 is 10.2 Å². The molecule has 0 heterocycles. The molecule has 23 heavy (non-hydrogen) atoms. The molecule has 0 unspecified atom stereocenters. The van der Waals surface area contributed by atoms with Crippen LogP contribution in [0.5, 0.6) is 0 Å². The first-order valence-corrected chi connectivity index (χ1v) is 9.82. The summed E-state index contributed by atoms with van der Waals surface area (Å²) in [6, 6.07) is 6.80. The van der Waals surface area contributed by atoms with Crippen LogP contribution >= 0.6 is 75.5 Å².